The van der Waals surface area contributed by atoms with Gasteiger partial charge in [-0.15, -0.1) is 0 Å². The Balaban J connectivity index is 1.35. The minimum atomic E-state index is -3.68. The molecule has 3 fully saturated rings. The first-order valence-corrected chi connectivity index (χ1v) is 14.0. The number of morpholine rings is 1. The van der Waals surface area contributed by atoms with Crippen LogP contribution in [-0.2, 0) is 19.3 Å². The first-order chi connectivity index (χ1) is 17.9. The molecule has 2 aliphatic carbocycles. The summed E-state index contributed by atoms with van der Waals surface area (Å²) in [4.78, 5) is 28.0. The molecule has 1 aromatic carbocycles. The van der Waals surface area contributed by atoms with Crippen LogP contribution in [0.15, 0.2) is 59.8 Å². The SMILES string of the molecule is O=C(Nc1ccc(-c2nc(N3CCOCC3)cc(C3(S(=O)(=O)c4ccncc4)CC3)n2)cc1)NC1CC1. The Morgan fingerprint density at radius 2 is 1.70 bits per heavy atom. The number of aromatic nitrogens is 3. The highest BCUT2D eigenvalue weighted by Gasteiger charge is 2.58. The average molecular weight is 521 g/mol. The summed E-state index contributed by atoms with van der Waals surface area (Å²) in [6, 6.07) is 12.2. The van der Waals surface area contributed by atoms with Crippen molar-refractivity contribution in [2.75, 3.05) is 36.5 Å². The van der Waals surface area contributed by atoms with Gasteiger partial charge in [0.2, 0.25) is 0 Å². The number of carbonyl (C=O) groups excluding carboxylic acids is 1. The van der Waals surface area contributed by atoms with Crippen LogP contribution < -0.4 is 15.5 Å². The van der Waals surface area contributed by atoms with E-state index < -0.39 is 14.6 Å². The van der Waals surface area contributed by atoms with Crippen molar-refractivity contribution in [2.45, 2.75) is 41.4 Å². The molecule has 0 radical (unpaired) electrons. The molecule has 2 saturated carbocycles. The molecule has 0 atom stereocenters. The van der Waals surface area contributed by atoms with E-state index >= 15 is 0 Å². The van der Waals surface area contributed by atoms with Crippen LogP contribution in [0.5, 0.6) is 0 Å². The number of hydrogen-bond acceptors (Lipinski definition) is 8. The van der Waals surface area contributed by atoms with Gasteiger partial charge < -0.3 is 20.3 Å². The number of nitrogens with zero attached hydrogens (tertiary/aromatic N) is 4. The molecule has 3 aliphatic rings. The lowest BCUT2D eigenvalue weighted by atomic mass is 10.1. The van der Waals surface area contributed by atoms with Crippen LogP contribution >= 0.6 is 0 Å². The molecule has 0 bridgehead atoms. The molecule has 1 saturated heterocycles. The van der Waals surface area contributed by atoms with Crippen LogP contribution in [0.3, 0.4) is 0 Å². The monoisotopic (exact) mass is 520 g/mol. The maximum atomic E-state index is 13.7. The number of hydrogen-bond donors (Lipinski definition) is 2. The molecule has 2 amide bonds. The predicted octanol–water partition coefficient (Wildman–Crippen LogP) is 3.12. The highest BCUT2D eigenvalue weighted by Crippen LogP contribution is 2.55. The third-order valence-corrected chi connectivity index (χ3v) is 9.55. The number of nitrogens with one attached hydrogen (secondary N) is 2. The Kier molecular flexibility index (Phi) is 6.04. The second kappa shape index (κ2) is 9.38. The van der Waals surface area contributed by atoms with Crippen molar-refractivity contribution in [1.82, 2.24) is 20.3 Å². The number of carbonyl (C=O) groups is 1. The van der Waals surface area contributed by atoms with Crippen molar-refractivity contribution < 1.29 is 17.9 Å². The van der Waals surface area contributed by atoms with Gasteiger partial charge in [0.15, 0.2) is 15.7 Å². The van der Waals surface area contributed by atoms with Crippen LogP contribution in [0.2, 0.25) is 0 Å². The third-order valence-electron chi connectivity index (χ3n) is 7.01. The Morgan fingerprint density at radius 3 is 2.35 bits per heavy atom. The molecule has 0 unspecified atom stereocenters. The summed E-state index contributed by atoms with van der Waals surface area (Å²) in [5.41, 5.74) is 1.90. The molecular weight excluding hydrogens is 492 g/mol. The molecule has 192 valence electrons. The summed E-state index contributed by atoms with van der Waals surface area (Å²) in [6.07, 6.45) is 6.01. The zero-order valence-electron chi connectivity index (χ0n) is 20.3. The van der Waals surface area contributed by atoms with Gasteiger partial charge in [-0.2, -0.15) is 0 Å². The van der Waals surface area contributed by atoms with E-state index in [4.69, 9.17) is 14.7 Å². The molecule has 3 heterocycles. The first kappa shape index (κ1) is 23.8. The molecule has 0 spiro atoms. The molecule has 6 rings (SSSR count). The van der Waals surface area contributed by atoms with E-state index in [2.05, 4.69) is 20.5 Å². The van der Waals surface area contributed by atoms with Crippen molar-refractivity contribution in [3.05, 3.63) is 60.6 Å². The maximum absolute atomic E-state index is 13.7. The number of anilines is 2. The number of urea groups is 1. The number of ether oxygens (including phenoxy) is 1. The summed E-state index contributed by atoms with van der Waals surface area (Å²) < 4.78 is 31.8. The highest BCUT2D eigenvalue weighted by atomic mass is 32.2. The fourth-order valence-corrected chi connectivity index (χ4v) is 6.50. The lowest BCUT2D eigenvalue weighted by Crippen LogP contribution is -2.37. The summed E-state index contributed by atoms with van der Waals surface area (Å²) in [5, 5.41) is 5.74. The zero-order valence-corrected chi connectivity index (χ0v) is 21.1. The smallest absolute Gasteiger partial charge is 0.319 e. The van der Waals surface area contributed by atoms with Gasteiger partial charge in [0.25, 0.3) is 0 Å². The fourth-order valence-electron chi connectivity index (χ4n) is 4.55. The Bertz CT molecular complexity index is 1400. The summed E-state index contributed by atoms with van der Waals surface area (Å²) in [6.45, 7) is 2.49. The van der Waals surface area contributed by atoms with Gasteiger partial charge in [0.1, 0.15) is 10.6 Å². The highest BCUT2D eigenvalue weighted by molar-refractivity contribution is 7.92. The lowest BCUT2D eigenvalue weighted by Gasteiger charge is -2.29. The summed E-state index contributed by atoms with van der Waals surface area (Å²) in [5.74, 6) is 1.13. The van der Waals surface area contributed by atoms with Gasteiger partial charge in [-0.3, -0.25) is 4.98 Å². The van der Waals surface area contributed by atoms with Crippen molar-refractivity contribution in [3.63, 3.8) is 0 Å². The van der Waals surface area contributed by atoms with E-state index in [1.54, 1.807) is 12.1 Å². The normalized spacial score (nSPS) is 18.8. The van der Waals surface area contributed by atoms with Crippen LogP contribution in [0, 0.1) is 0 Å². The maximum Gasteiger partial charge on any atom is 0.319 e. The van der Waals surface area contributed by atoms with Crippen LogP contribution in [0.25, 0.3) is 11.4 Å². The van der Waals surface area contributed by atoms with Gasteiger partial charge in [-0.1, -0.05) is 0 Å². The van der Waals surface area contributed by atoms with Gasteiger partial charge in [0.05, 0.1) is 23.8 Å². The van der Waals surface area contributed by atoms with Crippen molar-refractivity contribution in [3.8, 4) is 11.4 Å². The van der Waals surface area contributed by atoms with E-state index in [0.29, 0.717) is 62.2 Å². The second-order valence-electron chi connectivity index (χ2n) is 9.67. The molecule has 11 heteroatoms. The summed E-state index contributed by atoms with van der Waals surface area (Å²) >= 11 is 0. The van der Waals surface area contributed by atoms with Crippen molar-refractivity contribution in [1.29, 1.82) is 0 Å². The van der Waals surface area contributed by atoms with Crippen LogP contribution in [-0.4, -0.2) is 61.7 Å². The number of rotatable bonds is 7. The Morgan fingerprint density at radius 1 is 1.00 bits per heavy atom. The number of pyridine rings is 1. The molecule has 37 heavy (non-hydrogen) atoms. The standard InChI is InChI=1S/C26H28N6O4S/c33-25(29-20-5-6-20)28-19-3-1-18(2-4-19)24-30-22(17-23(31-24)32-13-15-36-16-14-32)26(9-10-26)37(34,35)21-7-11-27-12-8-21/h1-4,7-8,11-12,17,20H,5-6,9-10,13-16H2,(H2,28,29,33). The quantitative estimate of drug-likeness (QED) is 0.487. The molecule has 1 aliphatic heterocycles. The van der Waals surface area contributed by atoms with E-state index in [9.17, 15) is 13.2 Å². The van der Waals surface area contributed by atoms with Crippen molar-refractivity contribution in [2.24, 2.45) is 0 Å². The van der Waals surface area contributed by atoms with E-state index in [-0.39, 0.29) is 17.0 Å². The van der Waals surface area contributed by atoms with Crippen LogP contribution in [0.1, 0.15) is 31.4 Å². The van der Waals surface area contributed by atoms with Crippen LogP contribution in [0.4, 0.5) is 16.3 Å². The lowest BCUT2D eigenvalue weighted by molar-refractivity contribution is 0.122. The second-order valence-corrected chi connectivity index (χ2v) is 11.9. The third kappa shape index (κ3) is 4.76. The van der Waals surface area contributed by atoms with Gasteiger partial charge in [-0.25, -0.2) is 23.2 Å². The van der Waals surface area contributed by atoms with Crippen molar-refractivity contribution >= 4 is 27.4 Å². The fraction of sp³-hybridized carbons (Fsp3) is 0.385. The van der Waals surface area contributed by atoms with Gasteiger partial charge >= 0.3 is 6.03 Å². The predicted molar refractivity (Wildman–Crippen MR) is 138 cm³/mol. The topological polar surface area (TPSA) is 126 Å². The number of amides is 2. The van der Waals surface area contributed by atoms with Gasteiger partial charge in [0, 0.05) is 48.8 Å². The largest absolute Gasteiger partial charge is 0.378 e. The Hall–Kier alpha value is -3.57. The Labute approximate surface area is 215 Å². The number of benzene rings is 1. The average Bonchev–Trinajstić information content (AvgIpc) is 3.86. The minimum absolute atomic E-state index is 0.222. The molecular formula is C26H28N6O4S. The van der Waals surface area contributed by atoms with E-state index in [1.807, 2.05) is 18.2 Å². The van der Waals surface area contributed by atoms with E-state index in [0.717, 1.165) is 18.4 Å². The van der Waals surface area contributed by atoms with Gasteiger partial charge in [-0.05, 0) is 62.1 Å². The molecule has 3 aromatic rings. The molecule has 2 N–H and O–H groups in total. The molecule has 10 nitrogen and oxygen atoms in total. The first-order valence-electron chi connectivity index (χ1n) is 12.5. The molecule has 2 aromatic heterocycles. The minimum Gasteiger partial charge on any atom is -0.378 e. The zero-order chi connectivity index (χ0) is 25.5. The summed E-state index contributed by atoms with van der Waals surface area (Å²) in [7, 11) is -3.68. The van der Waals surface area contributed by atoms with E-state index in [1.165, 1.54) is 24.5 Å². The number of sulfone groups is 1.